The number of benzene rings is 1. The zero-order valence-electron chi connectivity index (χ0n) is 54.6. The second kappa shape index (κ2) is 28.6. The molecule has 28 nitrogen and oxygen atoms in total. The summed E-state index contributed by atoms with van der Waals surface area (Å²) in [5.74, 6) is -7.31. The molecule has 1 saturated heterocycles. The van der Waals surface area contributed by atoms with Gasteiger partial charge in [0.2, 0.25) is 41.4 Å². The molecule has 6 aliphatic rings. The maximum absolute atomic E-state index is 14.4. The molecule has 0 saturated carbocycles. The fraction of sp³-hybridized carbons (Fsp3) is 0.635. The van der Waals surface area contributed by atoms with E-state index in [-0.39, 0.29) is 100 Å². The maximum atomic E-state index is 14.4. The van der Waals surface area contributed by atoms with Gasteiger partial charge in [-0.05, 0) is 107 Å². The Balaban J connectivity index is 0.00000453. The quantitative estimate of drug-likeness (QED) is 0.0483. The number of aliphatic imine (C=N–C) groups is 4. The van der Waals surface area contributed by atoms with E-state index in [9.17, 15) is 53.2 Å². The number of rotatable bonds is 26. The van der Waals surface area contributed by atoms with Crippen molar-refractivity contribution in [3.8, 4) is 0 Å². The van der Waals surface area contributed by atoms with Crippen molar-refractivity contribution in [2.75, 3.05) is 13.2 Å². The topological polar surface area (TPSA) is 487 Å². The van der Waals surface area contributed by atoms with Crippen molar-refractivity contribution in [1.29, 1.82) is 5.26 Å². The van der Waals surface area contributed by atoms with Gasteiger partial charge < -0.3 is 85.0 Å². The molecule has 93 heavy (non-hydrogen) atoms. The minimum absolute atomic E-state index is 0. The predicted octanol–water partition coefficient (Wildman–Crippen LogP) is 2.98. The Labute approximate surface area is 551 Å². The Kier molecular flexibility index (Phi) is 23.1. The molecular formula is C63H89CoN14O14P. The number of carbonyl (C=O) groups excluding carboxylic acids is 7. The Morgan fingerprint density at radius 1 is 0.785 bits per heavy atom. The number of ether oxygens (including phenoxy) is 1. The van der Waals surface area contributed by atoms with E-state index < -0.39 is 143 Å². The Morgan fingerprint density at radius 3 is 1.91 bits per heavy atom. The number of fused-ring (bicyclic) bond motifs is 6. The Morgan fingerprint density at radius 2 is 1.34 bits per heavy atom. The van der Waals surface area contributed by atoms with E-state index in [0.29, 0.717) is 56.4 Å². The minimum atomic E-state index is -5.32. The minimum Gasteiger partial charge on any atom is -0.756 e. The van der Waals surface area contributed by atoms with Crippen LogP contribution in [-0.2, 0) is 68.7 Å². The average Bonchev–Trinajstić information content (AvgIpc) is 1.53. The third-order valence-corrected chi connectivity index (χ3v) is 21.8. The monoisotopic (exact) mass is 1360 g/mol. The van der Waals surface area contributed by atoms with Crippen LogP contribution in [0.2, 0.25) is 0 Å². The number of amides is 7. The van der Waals surface area contributed by atoms with Crippen LogP contribution in [-0.4, -0.2) is 133 Å². The van der Waals surface area contributed by atoms with Gasteiger partial charge in [0.05, 0.1) is 53.2 Å². The van der Waals surface area contributed by atoms with Gasteiger partial charge in [-0.25, -0.2) is 4.98 Å². The van der Waals surface area contributed by atoms with Crippen LogP contribution in [0.5, 0.6) is 0 Å². The summed E-state index contributed by atoms with van der Waals surface area (Å²) in [5.41, 5.74) is 36.8. The Bertz CT molecular complexity index is 3600. The SMILES string of the molecule is C/C1=C2/N=C(CC3N=C(/C(C)=C4\N=C(C(CC(N)=O)[C@]4(C)CCC(=O)NCC(C)OP(=O)([O-])O[C@H]4[C@@H](O)[C@H](n5[13cH]n[13c]6[13cH][13c](C)[13c](C)[13cH][13c]65)O[C@@H]4CO)[C@]4(C)N=C1[C@@H](CCC(N)=O)[C@]4(C)CC(N)=O)[C@@H](CCC(N)=O)C3(C)C)C(CCC(N)=O)[C@]2(C)CC(N)=O.[C-]#N.[Co+2]. The average molecular weight is 1360 g/mol. The van der Waals surface area contributed by atoms with Gasteiger partial charge in [0.15, 0.2) is 6.23 Å². The smallest absolute Gasteiger partial charge is 0.756 e. The van der Waals surface area contributed by atoms with E-state index in [2.05, 4.69) is 10.3 Å². The van der Waals surface area contributed by atoms with Crippen molar-refractivity contribution in [1.82, 2.24) is 14.9 Å². The zero-order chi connectivity index (χ0) is 68.7. The van der Waals surface area contributed by atoms with Crippen molar-refractivity contribution in [3.63, 3.8) is 0 Å². The molecule has 8 rings (SSSR count). The summed E-state index contributed by atoms with van der Waals surface area (Å²) in [5, 5.41) is 30.7. The number of nitrogens with one attached hydrogen (secondary N) is 1. The van der Waals surface area contributed by atoms with E-state index in [1.54, 1.807) is 13.8 Å². The number of aliphatic hydroxyl groups is 2. The van der Waals surface area contributed by atoms with Crippen LogP contribution in [0.3, 0.4) is 0 Å². The number of phosphoric ester groups is 1. The van der Waals surface area contributed by atoms with Crippen LogP contribution in [0.25, 0.3) is 11.0 Å². The summed E-state index contributed by atoms with van der Waals surface area (Å²) in [7, 11) is -5.32. The van der Waals surface area contributed by atoms with Crippen LogP contribution >= 0.6 is 7.82 Å². The molecule has 7 heterocycles. The van der Waals surface area contributed by atoms with Crippen LogP contribution in [0.15, 0.2) is 61.0 Å². The summed E-state index contributed by atoms with van der Waals surface area (Å²) in [6, 6.07) is 3.15. The largest absolute Gasteiger partial charge is 2.00 e. The van der Waals surface area contributed by atoms with E-state index in [4.69, 9.17) is 80.0 Å². The van der Waals surface area contributed by atoms with Crippen molar-refractivity contribution in [3.05, 3.63) is 58.7 Å². The van der Waals surface area contributed by atoms with Gasteiger partial charge in [0.25, 0.3) is 7.82 Å². The third-order valence-electron chi connectivity index (χ3n) is 20.7. The number of imidazole rings is 1. The van der Waals surface area contributed by atoms with Crippen LogP contribution in [0.4, 0.5) is 0 Å². The number of carbonyl (C=O) groups is 7. The van der Waals surface area contributed by atoms with E-state index in [1.165, 1.54) is 17.8 Å². The fourth-order valence-electron chi connectivity index (χ4n) is 15.4. The molecule has 509 valence electrons. The third kappa shape index (κ3) is 14.7. The number of nitrogens with zero attached hydrogens (tertiary/aromatic N) is 7. The molecular weight excluding hydrogens is 1270 g/mol. The number of phosphoric acid groups is 1. The second-order valence-corrected chi connectivity index (χ2v) is 28.5. The van der Waals surface area contributed by atoms with Gasteiger partial charge in [-0.1, -0.05) is 34.6 Å². The molecule has 1 aromatic carbocycles. The van der Waals surface area contributed by atoms with Crippen molar-refractivity contribution < 1.29 is 83.8 Å². The van der Waals surface area contributed by atoms with Gasteiger partial charge in [0.1, 0.15) is 23.9 Å². The molecule has 8 bridgehead atoms. The fourth-order valence-corrected chi connectivity index (χ4v) is 16.6. The van der Waals surface area contributed by atoms with Crippen molar-refractivity contribution in [2.45, 2.75) is 195 Å². The molecule has 6 aliphatic heterocycles. The first-order valence-electron chi connectivity index (χ1n) is 30.9. The first-order chi connectivity index (χ1) is 42.8. The Hall–Kier alpha value is -6.87. The van der Waals surface area contributed by atoms with Crippen LogP contribution in [0.1, 0.15) is 157 Å². The van der Waals surface area contributed by atoms with E-state index in [1.807, 2.05) is 67.5 Å². The molecule has 0 aliphatic carbocycles. The van der Waals surface area contributed by atoms with E-state index >= 15 is 0 Å². The van der Waals surface area contributed by atoms with Crippen LogP contribution < -0.4 is 44.6 Å². The number of primary amides is 6. The van der Waals surface area contributed by atoms with Gasteiger partial charge >= 0.3 is 16.8 Å². The summed E-state index contributed by atoms with van der Waals surface area (Å²) >= 11 is 0. The van der Waals surface area contributed by atoms with Crippen molar-refractivity contribution >= 4 is 83.1 Å². The number of hydrogen-bond acceptors (Lipinski definition) is 20. The normalized spacial score (nSPS) is 32.7. The maximum Gasteiger partial charge on any atom is 2.00 e. The van der Waals surface area contributed by atoms with Gasteiger partial charge in [-0.15, -0.1) is 0 Å². The second-order valence-electron chi connectivity index (χ2n) is 27.2. The summed E-state index contributed by atoms with van der Waals surface area (Å²) in [6.45, 7) is 23.8. The van der Waals surface area contributed by atoms with Gasteiger partial charge in [-0.2, -0.15) is 0 Å². The van der Waals surface area contributed by atoms with Crippen LogP contribution in [0, 0.1) is 71.0 Å². The molecule has 30 heteroatoms. The number of aryl methyl sites for hydroxylation is 2. The van der Waals surface area contributed by atoms with Gasteiger partial charge in [-0.3, -0.25) is 58.1 Å². The van der Waals surface area contributed by atoms with E-state index in [0.717, 1.165) is 11.1 Å². The number of aliphatic hydroxyl groups excluding tert-OH is 2. The first-order valence-corrected chi connectivity index (χ1v) is 32.3. The van der Waals surface area contributed by atoms with Gasteiger partial charge in [0, 0.05) is 115 Å². The molecule has 1 fully saturated rings. The number of hydrogen-bond donors (Lipinski definition) is 9. The number of nitrogens with two attached hydrogens (primary N) is 6. The molecule has 1 radical (unpaired) electrons. The molecule has 5 unspecified atom stereocenters. The first kappa shape index (κ1) is 75.2. The predicted molar refractivity (Wildman–Crippen MR) is 337 cm³/mol. The summed E-state index contributed by atoms with van der Waals surface area (Å²) in [4.78, 5) is 134. The molecule has 15 N–H and O–H groups in total. The van der Waals surface area contributed by atoms with Crippen molar-refractivity contribution in [2.24, 2.45) is 99.7 Å². The number of aromatic nitrogens is 2. The molecule has 15 atom stereocenters. The zero-order valence-corrected chi connectivity index (χ0v) is 56.5. The molecule has 0 spiro atoms. The number of allylic oxidation sites excluding steroid dienone is 4. The summed E-state index contributed by atoms with van der Waals surface area (Å²) in [6.07, 6.45) is -6.31. The summed E-state index contributed by atoms with van der Waals surface area (Å²) < 4.78 is 31.9. The standard InChI is InChI=1S/C62H90N13O14P.CN.Co/c1-29-20-39-40(21-30(29)2)75(28-70-39)57-52(84)53(41(27-76)87-57)89-90(85,86)88-31(3)26-69-49(83)18-19-59(8)37(22-46(66)80)56-62(11)61(10,25-48(68)82)36(14-17-45(65)79)51(74-62)33(5)55-60(9,24-47(67)81)34(12-15-43(63)77)38(71-55)23-42-58(6,7)35(13-16-44(64)78)50(72-42)32(4)54(59)73-56;1-2;/h20-21,28,31,34-37,41-42,52-53,57,76,84H,12-19,22-27H2,1-11H3,(H2,63,77)(H2,64,78)(H2,65,79)(H2,66,80)(H2,67,81)(H2,68,82)(H,69,83)(H,85,86);;/q;-1;+2/p-1/b54-32-,55-33-;;/t31?,34?,35-,36-,37?,41-,42?,52-,53-,57-,59+,60+,61+,62+;;/m1../s1/i20+1,21+1,28+1,29+1,30+1,39+1,40+1;;. The molecule has 1 aromatic heterocycles. The molecule has 7 amide bonds. The molecule has 2 aromatic rings.